The van der Waals surface area contributed by atoms with Crippen LogP contribution in [0.4, 0.5) is 4.79 Å². The van der Waals surface area contributed by atoms with Crippen molar-refractivity contribution < 1.29 is 23.1 Å². The van der Waals surface area contributed by atoms with Crippen LogP contribution in [0.25, 0.3) is 0 Å². The van der Waals surface area contributed by atoms with Crippen LogP contribution >= 0.6 is 0 Å². The second-order valence-electron chi connectivity index (χ2n) is 5.57. The van der Waals surface area contributed by atoms with Crippen LogP contribution in [0.2, 0.25) is 0 Å². The number of carboxylic acid groups (broad SMARTS) is 1. The number of unbranched alkanes of at least 4 members (excludes halogenated alkanes) is 1. The molecule has 2 atom stereocenters. The lowest BCUT2D eigenvalue weighted by Gasteiger charge is -2.28. The van der Waals surface area contributed by atoms with E-state index in [-0.39, 0.29) is 17.5 Å². The van der Waals surface area contributed by atoms with Gasteiger partial charge in [0.25, 0.3) is 0 Å². The van der Waals surface area contributed by atoms with E-state index in [2.05, 4.69) is 12.2 Å². The van der Waals surface area contributed by atoms with Gasteiger partial charge in [-0.1, -0.05) is 19.8 Å². The highest BCUT2D eigenvalue weighted by atomic mass is 32.2. The minimum Gasteiger partial charge on any atom is -0.480 e. The van der Waals surface area contributed by atoms with Crippen molar-refractivity contribution in [1.29, 1.82) is 0 Å². The fourth-order valence-corrected chi connectivity index (χ4v) is 4.14. The van der Waals surface area contributed by atoms with Gasteiger partial charge in [0.2, 0.25) is 0 Å². The summed E-state index contributed by atoms with van der Waals surface area (Å²) in [5, 5.41) is 11.7. The minimum absolute atomic E-state index is 0.00640. The molecule has 0 saturated carbocycles. The summed E-state index contributed by atoms with van der Waals surface area (Å²) in [6.45, 7) is 3.43. The fraction of sp³-hybridized carbons (Fsp3) is 0.846. The van der Waals surface area contributed by atoms with Crippen molar-refractivity contribution in [1.82, 2.24) is 10.2 Å². The van der Waals surface area contributed by atoms with Gasteiger partial charge >= 0.3 is 12.0 Å². The Labute approximate surface area is 125 Å². The normalized spacial score (nSPS) is 21.7. The second kappa shape index (κ2) is 7.63. The smallest absolute Gasteiger partial charge is 0.323 e. The molecule has 2 unspecified atom stereocenters. The van der Waals surface area contributed by atoms with Crippen molar-refractivity contribution in [2.75, 3.05) is 18.1 Å². The molecule has 1 rings (SSSR count). The van der Waals surface area contributed by atoms with Crippen molar-refractivity contribution in [3.63, 3.8) is 0 Å². The van der Waals surface area contributed by atoms with Crippen molar-refractivity contribution in [2.24, 2.45) is 0 Å². The number of hydrogen-bond donors (Lipinski definition) is 2. The maximum atomic E-state index is 12.2. The standard InChI is InChI=1S/C13H24N2O5S/c1-3-4-5-10(2)14-13(18)15(8-12(16)17)11-6-7-21(19,20)9-11/h10-11H,3-9H2,1-2H3,(H,14,18)(H,16,17). The van der Waals surface area contributed by atoms with Gasteiger partial charge in [0.15, 0.2) is 9.84 Å². The van der Waals surface area contributed by atoms with Crippen molar-refractivity contribution >= 4 is 21.8 Å². The van der Waals surface area contributed by atoms with Crippen molar-refractivity contribution in [2.45, 2.75) is 51.6 Å². The summed E-state index contributed by atoms with van der Waals surface area (Å²) in [5.41, 5.74) is 0. The quantitative estimate of drug-likeness (QED) is 0.723. The maximum absolute atomic E-state index is 12.2. The summed E-state index contributed by atoms with van der Waals surface area (Å²) in [7, 11) is -3.17. The van der Waals surface area contributed by atoms with E-state index in [1.165, 1.54) is 0 Å². The van der Waals surface area contributed by atoms with E-state index in [1.807, 2.05) is 6.92 Å². The Balaban J connectivity index is 2.69. The molecule has 7 nitrogen and oxygen atoms in total. The van der Waals surface area contributed by atoms with E-state index in [0.29, 0.717) is 6.42 Å². The second-order valence-corrected chi connectivity index (χ2v) is 7.80. The summed E-state index contributed by atoms with van der Waals surface area (Å²) in [5.74, 6) is -1.29. The molecule has 0 spiro atoms. The Hall–Kier alpha value is -1.31. The first kappa shape index (κ1) is 17.7. The predicted octanol–water partition coefficient (Wildman–Crippen LogP) is 0.848. The van der Waals surface area contributed by atoms with Crippen molar-refractivity contribution in [3.05, 3.63) is 0 Å². The topological polar surface area (TPSA) is 104 Å². The van der Waals surface area contributed by atoms with Crippen LogP contribution < -0.4 is 5.32 Å². The number of sulfone groups is 1. The number of nitrogens with one attached hydrogen (secondary N) is 1. The van der Waals surface area contributed by atoms with Gasteiger partial charge in [0, 0.05) is 12.1 Å². The van der Waals surface area contributed by atoms with Gasteiger partial charge < -0.3 is 15.3 Å². The number of hydrogen-bond acceptors (Lipinski definition) is 4. The predicted molar refractivity (Wildman–Crippen MR) is 78.9 cm³/mol. The van der Waals surface area contributed by atoms with Gasteiger partial charge in [-0.3, -0.25) is 4.79 Å². The van der Waals surface area contributed by atoms with Gasteiger partial charge in [-0.25, -0.2) is 13.2 Å². The molecule has 0 aromatic heterocycles. The summed E-state index contributed by atoms with van der Waals surface area (Å²) in [6, 6.07) is -1.11. The number of nitrogens with zero attached hydrogens (tertiary/aromatic N) is 1. The third kappa shape index (κ3) is 5.91. The fourth-order valence-electron chi connectivity index (χ4n) is 2.41. The van der Waals surface area contributed by atoms with E-state index in [1.54, 1.807) is 0 Å². The zero-order valence-electron chi connectivity index (χ0n) is 12.5. The summed E-state index contributed by atoms with van der Waals surface area (Å²) in [6.07, 6.45) is 3.09. The van der Waals surface area contributed by atoms with E-state index in [9.17, 15) is 18.0 Å². The number of carboxylic acids is 1. The van der Waals surface area contributed by atoms with Crippen LogP contribution in [0, 0.1) is 0 Å². The SMILES string of the molecule is CCCCC(C)NC(=O)N(CC(=O)O)C1CCS(=O)(=O)C1. The van der Waals surface area contributed by atoms with Gasteiger partial charge in [0.05, 0.1) is 11.5 Å². The molecule has 1 fully saturated rings. The molecule has 0 aromatic rings. The van der Waals surface area contributed by atoms with Crippen LogP contribution in [-0.2, 0) is 14.6 Å². The highest BCUT2D eigenvalue weighted by Gasteiger charge is 2.35. The molecule has 0 bridgehead atoms. The largest absolute Gasteiger partial charge is 0.480 e. The lowest BCUT2D eigenvalue weighted by atomic mass is 10.1. The first-order valence-electron chi connectivity index (χ1n) is 7.24. The van der Waals surface area contributed by atoms with Gasteiger partial charge in [0.1, 0.15) is 6.54 Å². The van der Waals surface area contributed by atoms with Gasteiger partial charge in [-0.05, 0) is 19.8 Å². The third-order valence-electron chi connectivity index (χ3n) is 3.58. The van der Waals surface area contributed by atoms with Crippen LogP contribution in [0.1, 0.15) is 39.5 Å². The molecule has 1 saturated heterocycles. The summed E-state index contributed by atoms with van der Waals surface area (Å²) in [4.78, 5) is 24.3. The maximum Gasteiger partial charge on any atom is 0.323 e. The Morgan fingerprint density at radius 1 is 1.43 bits per heavy atom. The number of carbonyl (C=O) groups is 2. The Bertz CT molecular complexity index is 477. The van der Waals surface area contributed by atoms with E-state index in [0.717, 1.165) is 24.2 Å². The minimum atomic E-state index is -3.17. The van der Waals surface area contributed by atoms with Crippen LogP contribution in [0.5, 0.6) is 0 Å². The van der Waals surface area contributed by atoms with E-state index >= 15 is 0 Å². The summed E-state index contributed by atoms with van der Waals surface area (Å²) >= 11 is 0. The molecule has 21 heavy (non-hydrogen) atoms. The molecule has 0 aromatic carbocycles. The lowest BCUT2D eigenvalue weighted by molar-refractivity contribution is -0.138. The molecule has 1 heterocycles. The average molecular weight is 320 g/mol. The Morgan fingerprint density at radius 2 is 2.10 bits per heavy atom. The molecule has 1 aliphatic heterocycles. The average Bonchev–Trinajstić information content (AvgIpc) is 2.73. The number of rotatable bonds is 7. The van der Waals surface area contributed by atoms with Crippen LogP contribution in [0.15, 0.2) is 0 Å². The van der Waals surface area contributed by atoms with E-state index in [4.69, 9.17) is 5.11 Å². The molecule has 122 valence electrons. The van der Waals surface area contributed by atoms with E-state index < -0.39 is 34.4 Å². The zero-order valence-corrected chi connectivity index (χ0v) is 13.4. The first-order chi connectivity index (χ1) is 9.75. The summed E-state index contributed by atoms with van der Waals surface area (Å²) < 4.78 is 23.0. The zero-order chi connectivity index (χ0) is 16.0. The number of urea groups is 1. The van der Waals surface area contributed by atoms with Crippen LogP contribution in [-0.4, -0.2) is 60.6 Å². The van der Waals surface area contributed by atoms with Crippen molar-refractivity contribution in [3.8, 4) is 0 Å². The Kier molecular flexibility index (Phi) is 6.44. The molecule has 0 radical (unpaired) electrons. The molecule has 2 N–H and O–H groups in total. The van der Waals surface area contributed by atoms with Crippen LogP contribution in [0.3, 0.4) is 0 Å². The molecular weight excluding hydrogens is 296 g/mol. The number of amides is 2. The number of aliphatic carboxylic acids is 1. The number of carbonyl (C=O) groups excluding carboxylic acids is 1. The molecule has 0 aliphatic carbocycles. The lowest BCUT2D eigenvalue weighted by Crippen LogP contribution is -2.51. The molecule has 8 heteroatoms. The molecular formula is C13H24N2O5S. The molecule has 1 aliphatic rings. The third-order valence-corrected chi connectivity index (χ3v) is 5.33. The highest BCUT2D eigenvalue weighted by molar-refractivity contribution is 7.91. The van der Waals surface area contributed by atoms with Gasteiger partial charge in [-0.15, -0.1) is 0 Å². The highest BCUT2D eigenvalue weighted by Crippen LogP contribution is 2.18. The Morgan fingerprint density at radius 3 is 2.57 bits per heavy atom. The van der Waals surface area contributed by atoms with Gasteiger partial charge in [-0.2, -0.15) is 0 Å². The molecule has 2 amide bonds. The first-order valence-corrected chi connectivity index (χ1v) is 9.06. The monoisotopic (exact) mass is 320 g/mol.